The highest BCUT2D eigenvalue weighted by molar-refractivity contribution is 7.99. The minimum absolute atomic E-state index is 0.0155. The lowest BCUT2D eigenvalue weighted by atomic mass is 9.95. The van der Waals surface area contributed by atoms with Crippen molar-refractivity contribution in [2.45, 2.75) is 76.8 Å². The average Bonchev–Trinajstić information content (AvgIpc) is 2.82. The van der Waals surface area contributed by atoms with E-state index in [-0.39, 0.29) is 17.9 Å². The molecule has 1 saturated carbocycles. The molecule has 0 unspecified atom stereocenters. The number of rotatable bonds is 10. The number of thioether (sulfide) groups is 1. The third-order valence-corrected chi connectivity index (χ3v) is 7.59. The molecule has 1 N–H and O–H groups in total. The fourth-order valence-electron chi connectivity index (χ4n) is 4.30. The van der Waals surface area contributed by atoms with Crippen LogP contribution in [0.25, 0.3) is 0 Å². The van der Waals surface area contributed by atoms with E-state index in [0.717, 1.165) is 36.8 Å². The number of halogens is 1. The van der Waals surface area contributed by atoms with Gasteiger partial charge in [0.25, 0.3) is 0 Å². The highest BCUT2D eigenvalue weighted by Gasteiger charge is 2.30. The summed E-state index contributed by atoms with van der Waals surface area (Å²) in [6, 6.07) is 15.6. The number of nitrogens with zero attached hydrogens (tertiary/aromatic N) is 1. The van der Waals surface area contributed by atoms with E-state index in [1.807, 2.05) is 62.4 Å². The van der Waals surface area contributed by atoms with Crippen molar-refractivity contribution in [2.24, 2.45) is 0 Å². The highest BCUT2D eigenvalue weighted by atomic mass is 35.5. The Morgan fingerprint density at radius 1 is 1.09 bits per heavy atom. The zero-order valence-corrected chi connectivity index (χ0v) is 21.3. The van der Waals surface area contributed by atoms with Crippen LogP contribution in [-0.4, -0.2) is 34.6 Å². The first-order chi connectivity index (χ1) is 16.0. The summed E-state index contributed by atoms with van der Waals surface area (Å²) < 4.78 is 0. The van der Waals surface area contributed by atoms with Crippen LogP contribution in [0.3, 0.4) is 0 Å². The Kier molecular flexibility index (Phi) is 10.1. The van der Waals surface area contributed by atoms with Crippen LogP contribution in [0.1, 0.15) is 62.1 Å². The van der Waals surface area contributed by atoms with Crippen LogP contribution in [0, 0.1) is 6.92 Å². The lowest BCUT2D eigenvalue weighted by Crippen LogP contribution is -2.52. The van der Waals surface area contributed by atoms with Gasteiger partial charge in [0.1, 0.15) is 6.04 Å². The van der Waals surface area contributed by atoms with Gasteiger partial charge in [-0.3, -0.25) is 9.59 Å². The number of carbonyl (C=O) groups excluding carboxylic acids is 2. The van der Waals surface area contributed by atoms with Gasteiger partial charge in [0.2, 0.25) is 11.8 Å². The molecule has 2 aromatic rings. The molecule has 1 aliphatic carbocycles. The maximum absolute atomic E-state index is 13.4. The van der Waals surface area contributed by atoms with Gasteiger partial charge in [0.15, 0.2) is 0 Å². The van der Waals surface area contributed by atoms with Gasteiger partial charge in [-0.25, -0.2) is 0 Å². The number of hydrogen-bond acceptors (Lipinski definition) is 3. The second kappa shape index (κ2) is 13.0. The van der Waals surface area contributed by atoms with Crippen molar-refractivity contribution in [3.63, 3.8) is 0 Å². The lowest BCUT2D eigenvalue weighted by Gasteiger charge is -2.32. The van der Waals surface area contributed by atoms with E-state index in [9.17, 15) is 9.59 Å². The Balaban J connectivity index is 1.70. The Morgan fingerprint density at radius 3 is 2.45 bits per heavy atom. The largest absolute Gasteiger partial charge is 0.352 e. The monoisotopic (exact) mass is 486 g/mol. The highest BCUT2D eigenvalue weighted by Crippen LogP contribution is 2.23. The van der Waals surface area contributed by atoms with Gasteiger partial charge in [-0.05, 0) is 43.4 Å². The Labute approximate surface area is 207 Å². The molecule has 1 aliphatic rings. The van der Waals surface area contributed by atoms with E-state index in [1.165, 1.54) is 23.7 Å². The van der Waals surface area contributed by atoms with Crippen molar-refractivity contribution in [3.8, 4) is 0 Å². The van der Waals surface area contributed by atoms with E-state index in [2.05, 4.69) is 5.32 Å². The molecule has 0 aromatic heterocycles. The molecule has 0 saturated heterocycles. The average molecular weight is 487 g/mol. The van der Waals surface area contributed by atoms with Crippen molar-refractivity contribution in [1.82, 2.24) is 10.2 Å². The minimum Gasteiger partial charge on any atom is -0.352 e. The summed E-state index contributed by atoms with van der Waals surface area (Å²) in [7, 11) is 0. The molecule has 3 rings (SSSR count). The van der Waals surface area contributed by atoms with Crippen LogP contribution < -0.4 is 5.32 Å². The van der Waals surface area contributed by atoms with E-state index in [0.29, 0.717) is 29.5 Å². The molecule has 0 spiro atoms. The molecule has 0 heterocycles. The van der Waals surface area contributed by atoms with Gasteiger partial charge < -0.3 is 10.2 Å². The Morgan fingerprint density at radius 2 is 1.79 bits per heavy atom. The zero-order valence-electron chi connectivity index (χ0n) is 19.7. The summed E-state index contributed by atoms with van der Waals surface area (Å²) in [5.74, 6) is 0.929. The number of carbonyl (C=O) groups is 2. The topological polar surface area (TPSA) is 49.4 Å². The summed E-state index contributed by atoms with van der Waals surface area (Å²) >= 11 is 7.81. The minimum atomic E-state index is -0.471. The van der Waals surface area contributed by atoms with E-state index in [1.54, 1.807) is 4.90 Å². The Bertz CT molecular complexity index is 913. The first-order valence-electron chi connectivity index (χ1n) is 11.9. The zero-order chi connectivity index (χ0) is 23.6. The molecular weight excluding hydrogens is 452 g/mol. The van der Waals surface area contributed by atoms with Gasteiger partial charge >= 0.3 is 0 Å². The second-order valence-electron chi connectivity index (χ2n) is 8.86. The van der Waals surface area contributed by atoms with E-state index >= 15 is 0 Å². The second-order valence-corrected chi connectivity index (χ2v) is 10.3. The summed E-state index contributed by atoms with van der Waals surface area (Å²) in [6.45, 7) is 4.46. The fraction of sp³-hybridized carbons (Fsp3) is 0.481. The molecule has 178 valence electrons. The van der Waals surface area contributed by atoms with Crippen molar-refractivity contribution in [2.75, 3.05) is 5.75 Å². The molecule has 2 aromatic carbocycles. The predicted molar refractivity (Wildman–Crippen MR) is 138 cm³/mol. The summed E-state index contributed by atoms with van der Waals surface area (Å²) in [6.07, 6.45) is 6.21. The lowest BCUT2D eigenvalue weighted by molar-refractivity contribution is -0.139. The van der Waals surface area contributed by atoms with Crippen LogP contribution in [-0.2, 0) is 21.9 Å². The van der Waals surface area contributed by atoms with Crippen LogP contribution in [0.15, 0.2) is 48.5 Å². The fourth-order valence-corrected chi connectivity index (χ4v) is 5.50. The van der Waals surface area contributed by atoms with Crippen LogP contribution in [0.5, 0.6) is 0 Å². The predicted octanol–water partition coefficient (Wildman–Crippen LogP) is 6.14. The molecule has 0 radical (unpaired) electrons. The number of amides is 2. The normalized spacial score (nSPS) is 15.1. The molecule has 1 atom stereocenters. The van der Waals surface area contributed by atoms with Gasteiger partial charge in [0.05, 0.1) is 5.75 Å². The van der Waals surface area contributed by atoms with E-state index < -0.39 is 6.04 Å². The molecule has 1 fully saturated rings. The molecule has 2 amide bonds. The first kappa shape index (κ1) is 25.6. The standard InChI is InChI=1S/C27H35ClN2O2S/c1-3-25(27(32)29-23-10-5-4-6-11-23)30(17-21-15-13-20(2)14-16-21)26(31)19-33-18-22-9-7-8-12-24(22)28/h7-9,12-16,23,25H,3-6,10-11,17-19H2,1-2H3,(H,29,32)/t25-/m0/s1. The number of nitrogens with one attached hydrogen (secondary N) is 1. The SMILES string of the molecule is CC[C@@H](C(=O)NC1CCCCC1)N(Cc1ccc(C)cc1)C(=O)CSCc1ccccc1Cl. The summed E-state index contributed by atoms with van der Waals surface area (Å²) in [4.78, 5) is 28.4. The van der Waals surface area contributed by atoms with Crippen LogP contribution >= 0.6 is 23.4 Å². The van der Waals surface area contributed by atoms with Gasteiger partial charge in [-0.1, -0.05) is 85.8 Å². The molecule has 6 heteroatoms. The van der Waals surface area contributed by atoms with E-state index in [4.69, 9.17) is 11.6 Å². The quantitative estimate of drug-likeness (QED) is 0.439. The molecule has 0 bridgehead atoms. The number of hydrogen-bond donors (Lipinski definition) is 1. The Hall–Kier alpha value is -1.98. The molecular formula is C27H35ClN2O2S. The molecule has 33 heavy (non-hydrogen) atoms. The van der Waals surface area contributed by atoms with Crippen molar-refractivity contribution >= 4 is 35.2 Å². The third kappa shape index (κ3) is 7.79. The number of aryl methyl sites for hydroxylation is 1. The van der Waals surface area contributed by atoms with Gasteiger partial charge in [-0.15, -0.1) is 11.8 Å². The summed E-state index contributed by atoms with van der Waals surface area (Å²) in [5, 5.41) is 3.95. The van der Waals surface area contributed by atoms with Crippen molar-refractivity contribution in [1.29, 1.82) is 0 Å². The maximum Gasteiger partial charge on any atom is 0.243 e. The van der Waals surface area contributed by atoms with Crippen molar-refractivity contribution in [3.05, 3.63) is 70.2 Å². The van der Waals surface area contributed by atoms with Crippen molar-refractivity contribution < 1.29 is 9.59 Å². The van der Waals surface area contributed by atoms with Crippen LogP contribution in [0.2, 0.25) is 5.02 Å². The van der Waals surface area contributed by atoms with Crippen LogP contribution in [0.4, 0.5) is 0 Å². The third-order valence-electron chi connectivity index (χ3n) is 6.25. The summed E-state index contributed by atoms with van der Waals surface area (Å²) in [5.41, 5.74) is 3.23. The first-order valence-corrected chi connectivity index (χ1v) is 13.5. The molecule has 0 aliphatic heterocycles. The maximum atomic E-state index is 13.4. The van der Waals surface area contributed by atoms with Gasteiger partial charge in [-0.2, -0.15) is 0 Å². The number of benzene rings is 2. The molecule has 4 nitrogen and oxygen atoms in total. The smallest absolute Gasteiger partial charge is 0.243 e. The van der Waals surface area contributed by atoms with Gasteiger partial charge in [0, 0.05) is 23.4 Å².